The van der Waals surface area contributed by atoms with Crippen LogP contribution in [0.4, 0.5) is 5.00 Å². The van der Waals surface area contributed by atoms with E-state index in [4.69, 9.17) is 4.74 Å². The molecule has 24 heavy (non-hydrogen) atoms. The lowest BCUT2D eigenvalue weighted by Gasteiger charge is -2.23. The predicted molar refractivity (Wildman–Crippen MR) is 95.5 cm³/mol. The van der Waals surface area contributed by atoms with Gasteiger partial charge in [0.15, 0.2) is 0 Å². The zero-order valence-electron chi connectivity index (χ0n) is 13.7. The molecule has 0 saturated heterocycles. The summed E-state index contributed by atoms with van der Waals surface area (Å²) in [5, 5.41) is 3.54. The minimum absolute atomic E-state index is 0.0138. The number of amides is 1. The maximum Gasteiger partial charge on any atom is 0.341 e. The second-order valence-corrected chi connectivity index (χ2v) is 7.09. The Hall–Kier alpha value is -2.14. The Bertz CT molecular complexity index is 719. The van der Waals surface area contributed by atoms with Gasteiger partial charge in [-0.15, -0.1) is 11.3 Å². The summed E-state index contributed by atoms with van der Waals surface area (Å²) < 4.78 is 5.13. The largest absolute Gasteiger partial charge is 0.462 e. The molecule has 1 fully saturated rings. The normalized spacial score (nSPS) is 14.0. The van der Waals surface area contributed by atoms with Crippen LogP contribution in [0.1, 0.15) is 47.0 Å². The average Bonchev–Trinajstić information content (AvgIpc) is 2.89. The Kier molecular flexibility index (Phi) is 5.30. The van der Waals surface area contributed by atoms with Crippen molar-refractivity contribution < 1.29 is 14.3 Å². The van der Waals surface area contributed by atoms with Crippen LogP contribution in [-0.2, 0) is 16.0 Å². The molecule has 1 heterocycles. The molecule has 0 spiro atoms. The maximum absolute atomic E-state index is 12.2. The van der Waals surface area contributed by atoms with Gasteiger partial charge < -0.3 is 10.1 Å². The maximum atomic E-state index is 12.2. The van der Waals surface area contributed by atoms with E-state index in [0.29, 0.717) is 17.2 Å². The number of ether oxygens (including phenoxy) is 1. The van der Waals surface area contributed by atoms with E-state index in [1.165, 1.54) is 16.9 Å². The smallest absolute Gasteiger partial charge is 0.341 e. The van der Waals surface area contributed by atoms with Gasteiger partial charge in [-0.1, -0.05) is 36.8 Å². The minimum atomic E-state index is -0.378. The van der Waals surface area contributed by atoms with Crippen molar-refractivity contribution in [1.82, 2.24) is 0 Å². The second-order valence-electron chi connectivity index (χ2n) is 5.96. The SMILES string of the molecule is CCOC(=O)c1cc(Cc2ccccc2)sc1NC(=O)C1CCC1. The zero-order chi connectivity index (χ0) is 16.9. The molecule has 5 heteroatoms. The number of nitrogens with one attached hydrogen (secondary N) is 1. The first-order valence-electron chi connectivity index (χ1n) is 8.32. The van der Waals surface area contributed by atoms with Crippen LogP contribution in [0.5, 0.6) is 0 Å². The molecule has 126 valence electrons. The Labute approximate surface area is 145 Å². The van der Waals surface area contributed by atoms with E-state index in [0.717, 1.165) is 30.6 Å². The van der Waals surface area contributed by atoms with Gasteiger partial charge in [0, 0.05) is 17.2 Å². The summed E-state index contributed by atoms with van der Waals surface area (Å²) >= 11 is 1.46. The number of anilines is 1. The second kappa shape index (κ2) is 7.62. The highest BCUT2D eigenvalue weighted by molar-refractivity contribution is 7.16. The topological polar surface area (TPSA) is 55.4 Å². The number of hydrogen-bond acceptors (Lipinski definition) is 4. The third-order valence-electron chi connectivity index (χ3n) is 4.21. The van der Waals surface area contributed by atoms with Crippen molar-refractivity contribution in [3.63, 3.8) is 0 Å². The quantitative estimate of drug-likeness (QED) is 0.798. The van der Waals surface area contributed by atoms with Gasteiger partial charge in [-0.3, -0.25) is 4.79 Å². The van der Waals surface area contributed by atoms with Gasteiger partial charge in [0.2, 0.25) is 5.91 Å². The molecule has 1 aromatic heterocycles. The van der Waals surface area contributed by atoms with Crippen LogP contribution in [0, 0.1) is 5.92 Å². The van der Waals surface area contributed by atoms with Crippen LogP contribution in [0.15, 0.2) is 36.4 Å². The summed E-state index contributed by atoms with van der Waals surface area (Å²) in [6.45, 7) is 2.10. The molecule has 0 radical (unpaired) electrons. The van der Waals surface area contributed by atoms with Crippen molar-refractivity contribution >= 4 is 28.2 Å². The number of esters is 1. The van der Waals surface area contributed by atoms with Gasteiger partial charge in [-0.25, -0.2) is 4.79 Å². The van der Waals surface area contributed by atoms with Crippen LogP contribution in [0.2, 0.25) is 0 Å². The third-order valence-corrected chi connectivity index (χ3v) is 5.26. The molecule has 3 rings (SSSR count). The highest BCUT2D eigenvalue weighted by Gasteiger charge is 2.27. The van der Waals surface area contributed by atoms with Crippen molar-refractivity contribution in [3.05, 3.63) is 52.4 Å². The van der Waals surface area contributed by atoms with Crippen molar-refractivity contribution in [2.75, 3.05) is 11.9 Å². The molecule has 1 aromatic carbocycles. The van der Waals surface area contributed by atoms with E-state index in [9.17, 15) is 9.59 Å². The molecule has 0 atom stereocenters. The fourth-order valence-corrected chi connectivity index (χ4v) is 3.75. The molecule has 0 aliphatic heterocycles. The molecule has 0 unspecified atom stereocenters. The molecule has 2 aromatic rings. The van der Waals surface area contributed by atoms with E-state index in [-0.39, 0.29) is 17.8 Å². The first kappa shape index (κ1) is 16.7. The highest BCUT2D eigenvalue weighted by Crippen LogP contribution is 2.33. The Morgan fingerprint density at radius 2 is 2.00 bits per heavy atom. The first-order chi connectivity index (χ1) is 11.7. The van der Waals surface area contributed by atoms with E-state index < -0.39 is 0 Å². The van der Waals surface area contributed by atoms with Crippen molar-refractivity contribution in [2.24, 2.45) is 5.92 Å². The molecular formula is C19H21NO3S. The molecule has 1 amide bonds. The molecular weight excluding hydrogens is 322 g/mol. The molecule has 4 nitrogen and oxygen atoms in total. The van der Waals surface area contributed by atoms with E-state index in [1.54, 1.807) is 6.92 Å². The average molecular weight is 343 g/mol. The Morgan fingerprint density at radius 3 is 2.62 bits per heavy atom. The fourth-order valence-electron chi connectivity index (χ4n) is 2.66. The van der Waals surface area contributed by atoms with Gasteiger partial charge in [0.1, 0.15) is 5.00 Å². The number of carbonyl (C=O) groups excluding carboxylic acids is 2. The molecule has 0 bridgehead atoms. The highest BCUT2D eigenvalue weighted by atomic mass is 32.1. The molecule has 1 N–H and O–H groups in total. The lowest BCUT2D eigenvalue weighted by atomic mass is 9.85. The number of thiophene rings is 1. The van der Waals surface area contributed by atoms with Gasteiger partial charge in [-0.05, 0) is 31.4 Å². The summed E-state index contributed by atoms with van der Waals surface area (Å²) in [6, 6.07) is 11.9. The van der Waals surface area contributed by atoms with Crippen molar-refractivity contribution in [1.29, 1.82) is 0 Å². The van der Waals surface area contributed by atoms with Gasteiger partial charge in [0.05, 0.1) is 12.2 Å². The van der Waals surface area contributed by atoms with E-state index in [1.807, 2.05) is 24.3 Å². The lowest BCUT2D eigenvalue weighted by molar-refractivity contribution is -0.122. The summed E-state index contributed by atoms with van der Waals surface area (Å²) in [5.41, 5.74) is 1.63. The van der Waals surface area contributed by atoms with Crippen LogP contribution < -0.4 is 5.32 Å². The van der Waals surface area contributed by atoms with Gasteiger partial charge in [0.25, 0.3) is 0 Å². The summed E-state index contributed by atoms with van der Waals surface area (Å²) in [7, 11) is 0. The molecule has 1 aliphatic carbocycles. The Morgan fingerprint density at radius 1 is 1.25 bits per heavy atom. The molecule has 1 saturated carbocycles. The fraction of sp³-hybridized carbons (Fsp3) is 0.368. The number of benzene rings is 1. The Balaban J connectivity index is 1.81. The standard InChI is InChI=1S/C19H21NO3S/c1-2-23-19(22)16-12-15(11-13-7-4-3-5-8-13)24-18(16)20-17(21)14-9-6-10-14/h3-5,7-8,12,14H,2,6,9-11H2,1H3,(H,20,21). The number of carbonyl (C=O) groups is 2. The van der Waals surface area contributed by atoms with Crippen LogP contribution in [0.25, 0.3) is 0 Å². The van der Waals surface area contributed by atoms with Gasteiger partial charge in [-0.2, -0.15) is 0 Å². The summed E-state index contributed by atoms with van der Waals surface area (Å²) in [4.78, 5) is 25.5. The van der Waals surface area contributed by atoms with Gasteiger partial charge >= 0.3 is 5.97 Å². The minimum Gasteiger partial charge on any atom is -0.462 e. The van der Waals surface area contributed by atoms with Crippen LogP contribution >= 0.6 is 11.3 Å². The lowest BCUT2D eigenvalue weighted by Crippen LogP contribution is -2.28. The monoisotopic (exact) mass is 343 g/mol. The van der Waals surface area contributed by atoms with Crippen LogP contribution in [0.3, 0.4) is 0 Å². The first-order valence-corrected chi connectivity index (χ1v) is 9.13. The molecule has 1 aliphatic rings. The number of hydrogen-bond donors (Lipinski definition) is 1. The number of rotatable bonds is 6. The predicted octanol–water partition coefficient (Wildman–Crippen LogP) is 4.25. The van der Waals surface area contributed by atoms with Crippen LogP contribution in [-0.4, -0.2) is 18.5 Å². The summed E-state index contributed by atoms with van der Waals surface area (Å²) in [5.74, 6) is -0.281. The van der Waals surface area contributed by atoms with E-state index in [2.05, 4.69) is 17.4 Å². The van der Waals surface area contributed by atoms with E-state index >= 15 is 0 Å². The third kappa shape index (κ3) is 3.85. The zero-order valence-corrected chi connectivity index (χ0v) is 14.5. The van der Waals surface area contributed by atoms with Crippen molar-refractivity contribution in [2.45, 2.75) is 32.6 Å². The van der Waals surface area contributed by atoms with Crippen molar-refractivity contribution in [3.8, 4) is 0 Å². The summed E-state index contributed by atoms with van der Waals surface area (Å²) in [6.07, 6.45) is 3.70.